The topological polar surface area (TPSA) is 95.6 Å². The molecule has 1 fully saturated rings. The van der Waals surface area contributed by atoms with Crippen molar-refractivity contribution in [2.75, 3.05) is 45.2 Å². The van der Waals surface area contributed by atoms with Gasteiger partial charge >= 0.3 is 6.03 Å². The van der Waals surface area contributed by atoms with E-state index in [2.05, 4.69) is 20.9 Å². The zero-order valence-corrected chi connectivity index (χ0v) is 14.9. The minimum absolute atomic E-state index is 0.000114. The first kappa shape index (κ1) is 19.0. The molecule has 3 N–H and O–H groups in total. The van der Waals surface area contributed by atoms with Gasteiger partial charge in [0.05, 0.1) is 6.61 Å². The van der Waals surface area contributed by atoms with Gasteiger partial charge in [-0.25, -0.2) is 4.79 Å². The van der Waals surface area contributed by atoms with Gasteiger partial charge in [-0.1, -0.05) is 0 Å². The van der Waals surface area contributed by atoms with E-state index in [1.807, 2.05) is 17.9 Å². The fourth-order valence-electron chi connectivity index (χ4n) is 2.73. The first-order valence-corrected chi connectivity index (χ1v) is 8.66. The van der Waals surface area contributed by atoms with Crippen molar-refractivity contribution in [2.45, 2.75) is 25.8 Å². The Labute approximate surface area is 148 Å². The highest BCUT2D eigenvalue weighted by Gasteiger charge is 2.22. The van der Waals surface area contributed by atoms with Crippen LogP contribution in [-0.4, -0.2) is 67.8 Å². The molecule has 0 aliphatic carbocycles. The number of aromatic nitrogens is 1. The molecule has 1 aliphatic heterocycles. The van der Waals surface area contributed by atoms with Crippen LogP contribution in [0.15, 0.2) is 18.3 Å². The molecule has 1 aliphatic rings. The number of nitrogens with one attached hydrogen (secondary N) is 3. The van der Waals surface area contributed by atoms with E-state index in [9.17, 15) is 9.59 Å². The van der Waals surface area contributed by atoms with E-state index >= 15 is 0 Å². The lowest BCUT2D eigenvalue weighted by molar-refractivity contribution is 0.0932. The molecule has 1 aromatic rings. The molecule has 0 spiro atoms. The quantitative estimate of drug-likeness (QED) is 0.640. The summed E-state index contributed by atoms with van der Waals surface area (Å²) in [5, 5.41) is 9.01. The number of piperidine rings is 1. The number of likely N-dealkylation sites (tertiary alicyclic amines) is 1. The third-order valence-electron chi connectivity index (χ3n) is 4.07. The molecular formula is C17H27N5O3. The van der Waals surface area contributed by atoms with E-state index in [-0.39, 0.29) is 18.0 Å². The highest BCUT2D eigenvalue weighted by atomic mass is 16.5. The molecule has 0 saturated carbocycles. The molecule has 0 aromatic carbocycles. The van der Waals surface area contributed by atoms with Crippen LogP contribution in [0.2, 0.25) is 0 Å². The predicted octanol–water partition coefficient (Wildman–Crippen LogP) is 1.06. The van der Waals surface area contributed by atoms with Crippen LogP contribution in [-0.2, 0) is 4.74 Å². The van der Waals surface area contributed by atoms with Gasteiger partial charge < -0.3 is 25.6 Å². The molecule has 0 unspecified atom stereocenters. The number of anilines is 1. The highest BCUT2D eigenvalue weighted by molar-refractivity contribution is 5.93. The standard InChI is InChI=1S/C17H27N5O3/c1-3-18-17(24)22-9-5-13(6-10-22)21-14-4-7-19-15(12-14)16(23)20-8-11-25-2/h4,7,12-13H,3,5-6,8-11H2,1-2H3,(H,18,24)(H,19,21)(H,20,23). The Hall–Kier alpha value is -2.35. The Morgan fingerprint density at radius 3 is 2.76 bits per heavy atom. The number of urea groups is 1. The number of hydrogen-bond donors (Lipinski definition) is 3. The van der Waals surface area contributed by atoms with Crippen LogP contribution in [0.25, 0.3) is 0 Å². The molecule has 138 valence electrons. The SMILES string of the molecule is CCNC(=O)N1CCC(Nc2ccnc(C(=O)NCCOC)c2)CC1. The van der Waals surface area contributed by atoms with Gasteiger partial charge in [0.2, 0.25) is 0 Å². The Balaban J connectivity index is 1.84. The van der Waals surface area contributed by atoms with Crippen LogP contribution < -0.4 is 16.0 Å². The first-order chi connectivity index (χ1) is 12.1. The first-order valence-electron chi connectivity index (χ1n) is 8.66. The average Bonchev–Trinajstić information content (AvgIpc) is 2.63. The number of amides is 3. The maximum Gasteiger partial charge on any atom is 0.317 e. The fraction of sp³-hybridized carbons (Fsp3) is 0.588. The number of carbonyl (C=O) groups is 2. The van der Waals surface area contributed by atoms with Crippen molar-refractivity contribution in [3.05, 3.63) is 24.0 Å². The smallest absolute Gasteiger partial charge is 0.317 e. The molecular weight excluding hydrogens is 322 g/mol. The lowest BCUT2D eigenvalue weighted by Crippen LogP contribution is -2.46. The third-order valence-corrected chi connectivity index (χ3v) is 4.07. The van der Waals surface area contributed by atoms with Crippen molar-refractivity contribution >= 4 is 17.6 Å². The Kier molecular flexibility index (Phi) is 7.46. The van der Waals surface area contributed by atoms with Gasteiger partial charge in [-0.2, -0.15) is 0 Å². The summed E-state index contributed by atoms with van der Waals surface area (Å²) in [5.74, 6) is -0.216. The lowest BCUT2D eigenvalue weighted by atomic mass is 10.0. The number of nitrogens with zero attached hydrogens (tertiary/aromatic N) is 2. The Morgan fingerprint density at radius 1 is 1.32 bits per heavy atom. The molecule has 2 rings (SSSR count). The highest BCUT2D eigenvalue weighted by Crippen LogP contribution is 2.17. The van der Waals surface area contributed by atoms with Gasteiger partial charge in [0.1, 0.15) is 5.69 Å². The Morgan fingerprint density at radius 2 is 2.08 bits per heavy atom. The van der Waals surface area contributed by atoms with Crippen LogP contribution >= 0.6 is 0 Å². The Bertz CT molecular complexity index is 573. The molecule has 8 heteroatoms. The van der Waals surface area contributed by atoms with Crippen molar-refractivity contribution < 1.29 is 14.3 Å². The average molecular weight is 349 g/mol. The minimum atomic E-state index is -0.216. The molecule has 1 aromatic heterocycles. The summed E-state index contributed by atoms with van der Waals surface area (Å²) in [6.07, 6.45) is 3.36. The number of methoxy groups -OCH3 is 1. The second kappa shape index (κ2) is 9.83. The second-order valence-corrected chi connectivity index (χ2v) is 5.92. The number of pyridine rings is 1. The van der Waals surface area contributed by atoms with Gasteiger partial charge in [0, 0.05) is 51.2 Å². The molecule has 25 heavy (non-hydrogen) atoms. The largest absolute Gasteiger partial charge is 0.383 e. The van der Waals surface area contributed by atoms with Crippen molar-refractivity contribution in [2.24, 2.45) is 0 Å². The summed E-state index contributed by atoms with van der Waals surface area (Å²) in [7, 11) is 1.59. The van der Waals surface area contributed by atoms with Gasteiger partial charge in [0.15, 0.2) is 0 Å². The summed E-state index contributed by atoms with van der Waals surface area (Å²) >= 11 is 0. The fourth-order valence-corrected chi connectivity index (χ4v) is 2.73. The minimum Gasteiger partial charge on any atom is -0.383 e. The normalized spacial score (nSPS) is 14.9. The van der Waals surface area contributed by atoms with E-state index in [1.54, 1.807) is 19.4 Å². The molecule has 1 saturated heterocycles. The molecule has 2 heterocycles. The number of ether oxygens (including phenoxy) is 1. The van der Waals surface area contributed by atoms with Gasteiger partial charge in [-0.15, -0.1) is 0 Å². The number of rotatable bonds is 7. The van der Waals surface area contributed by atoms with Crippen molar-refractivity contribution in [1.82, 2.24) is 20.5 Å². The van der Waals surface area contributed by atoms with Gasteiger partial charge in [-0.05, 0) is 31.9 Å². The summed E-state index contributed by atoms with van der Waals surface area (Å²) in [6.45, 7) is 4.92. The van der Waals surface area contributed by atoms with Crippen molar-refractivity contribution in [3.63, 3.8) is 0 Å². The molecule has 0 bridgehead atoms. The van der Waals surface area contributed by atoms with Crippen molar-refractivity contribution in [3.8, 4) is 0 Å². The number of carbonyl (C=O) groups excluding carboxylic acids is 2. The maximum absolute atomic E-state index is 12.0. The summed E-state index contributed by atoms with van der Waals surface area (Å²) in [4.78, 5) is 29.8. The van der Waals surface area contributed by atoms with Crippen LogP contribution in [0.4, 0.5) is 10.5 Å². The van der Waals surface area contributed by atoms with E-state index in [0.717, 1.165) is 31.6 Å². The predicted molar refractivity (Wildman–Crippen MR) is 95.7 cm³/mol. The van der Waals surface area contributed by atoms with Crippen molar-refractivity contribution in [1.29, 1.82) is 0 Å². The van der Waals surface area contributed by atoms with Crippen LogP contribution in [0.1, 0.15) is 30.3 Å². The van der Waals surface area contributed by atoms with E-state index in [0.29, 0.717) is 25.4 Å². The molecule has 0 atom stereocenters. The zero-order valence-electron chi connectivity index (χ0n) is 14.9. The summed E-state index contributed by atoms with van der Waals surface area (Å²) in [5.41, 5.74) is 1.24. The van der Waals surface area contributed by atoms with Crippen LogP contribution in [0.5, 0.6) is 0 Å². The van der Waals surface area contributed by atoms with Gasteiger partial charge in [-0.3, -0.25) is 9.78 Å². The zero-order chi connectivity index (χ0) is 18.1. The lowest BCUT2D eigenvalue weighted by Gasteiger charge is -2.32. The second-order valence-electron chi connectivity index (χ2n) is 5.92. The summed E-state index contributed by atoms with van der Waals surface area (Å²) < 4.78 is 4.91. The van der Waals surface area contributed by atoms with Crippen LogP contribution in [0, 0.1) is 0 Å². The van der Waals surface area contributed by atoms with E-state index in [4.69, 9.17) is 4.74 Å². The van der Waals surface area contributed by atoms with E-state index in [1.165, 1.54) is 0 Å². The molecule has 3 amide bonds. The molecule has 8 nitrogen and oxygen atoms in total. The third kappa shape index (κ3) is 5.90. The maximum atomic E-state index is 12.0. The monoisotopic (exact) mass is 349 g/mol. The number of hydrogen-bond acceptors (Lipinski definition) is 5. The van der Waals surface area contributed by atoms with E-state index < -0.39 is 0 Å². The van der Waals surface area contributed by atoms with Crippen LogP contribution in [0.3, 0.4) is 0 Å². The van der Waals surface area contributed by atoms with Gasteiger partial charge in [0.25, 0.3) is 5.91 Å². The molecule has 0 radical (unpaired) electrons. The summed E-state index contributed by atoms with van der Waals surface area (Å²) in [6, 6.07) is 3.87.